The fourth-order valence-electron chi connectivity index (χ4n) is 2.95. The topological polar surface area (TPSA) is 67.8 Å². The van der Waals surface area contributed by atoms with Crippen molar-refractivity contribution in [1.82, 2.24) is 0 Å². The van der Waals surface area contributed by atoms with Crippen LogP contribution in [0.4, 0.5) is 13.2 Å². The Morgan fingerprint density at radius 3 is 2.24 bits per heavy atom. The van der Waals surface area contributed by atoms with Gasteiger partial charge in [-0.15, -0.1) is 0 Å². The first-order valence-electron chi connectivity index (χ1n) is 9.85. The fourth-order valence-corrected chi connectivity index (χ4v) is 2.95. The predicted octanol–water partition coefficient (Wildman–Crippen LogP) is 1.89. The molecule has 0 aliphatic carbocycles. The van der Waals surface area contributed by atoms with E-state index in [0.29, 0.717) is 34.1 Å². The summed E-state index contributed by atoms with van der Waals surface area (Å²) >= 11 is 0. The van der Waals surface area contributed by atoms with Crippen LogP contribution in [0.2, 0.25) is 0 Å². The molecule has 3 aromatic rings. The minimum Gasteiger partial charge on any atom is -0.550 e. The summed E-state index contributed by atoms with van der Waals surface area (Å²) in [5.74, 6) is 0.609. The van der Waals surface area contributed by atoms with Gasteiger partial charge < -0.3 is 24.1 Å². The number of benzene rings is 3. The number of alkyl halides is 3. The van der Waals surface area contributed by atoms with E-state index in [9.17, 15) is 23.1 Å². The van der Waals surface area contributed by atoms with Gasteiger partial charge in [-0.1, -0.05) is 24.3 Å². The first kappa shape index (κ1) is 27.3. The number of carboxylic acids is 1. The summed E-state index contributed by atoms with van der Waals surface area (Å²) in [4.78, 5) is 10.9. The Kier molecular flexibility index (Phi) is 10.0. The zero-order valence-electron chi connectivity index (χ0n) is 18.6. The molecule has 3 aromatic carbocycles. The van der Waals surface area contributed by atoms with Gasteiger partial charge in [-0.3, -0.25) is 0 Å². The van der Waals surface area contributed by atoms with Gasteiger partial charge in [0.1, 0.15) is 29.6 Å². The van der Waals surface area contributed by atoms with Crippen LogP contribution in [0.15, 0.2) is 72.8 Å². The van der Waals surface area contributed by atoms with E-state index in [2.05, 4.69) is 0 Å². The van der Waals surface area contributed by atoms with Crippen LogP contribution in [0.3, 0.4) is 0 Å². The Hall–Kier alpha value is -2.94. The van der Waals surface area contributed by atoms with Crippen molar-refractivity contribution < 1.29 is 66.8 Å². The van der Waals surface area contributed by atoms with Gasteiger partial charge in [0.2, 0.25) is 0 Å². The summed E-state index contributed by atoms with van der Waals surface area (Å²) in [7, 11) is 1.47. The van der Waals surface area contributed by atoms with Crippen molar-refractivity contribution in [1.29, 1.82) is 0 Å². The number of carboxylic acid groups (broad SMARTS) is 1. The molecular weight excluding hydrogens is 460 g/mol. The van der Waals surface area contributed by atoms with Crippen LogP contribution >= 0.6 is 0 Å². The van der Waals surface area contributed by atoms with E-state index in [1.54, 1.807) is 54.6 Å². The second-order valence-electron chi connectivity index (χ2n) is 6.98. The number of ether oxygens (including phenoxy) is 3. The zero-order valence-corrected chi connectivity index (χ0v) is 20.6. The number of methoxy groups -OCH3 is 1. The minimum atomic E-state index is -4.36. The molecule has 172 valence electrons. The number of carbonyl (C=O) groups is 1. The largest absolute Gasteiger partial charge is 1.00 e. The molecule has 0 atom stereocenters. The van der Waals surface area contributed by atoms with Crippen LogP contribution in [-0.2, 0) is 17.4 Å². The van der Waals surface area contributed by atoms with E-state index in [0.717, 1.165) is 12.1 Å². The molecule has 5 nitrogen and oxygen atoms in total. The van der Waals surface area contributed by atoms with Crippen molar-refractivity contribution in [3.05, 3.63) is 89.5 Å². The SMILES string of the molecule is COc1cc(CC(=O)[O-])cc(Oc2cccc(OC/C=C/c3ccc(C(F)(F)F)cc3)c2)c1.[Na+]. The zero-order chi connectivity index (χ0) is 23.8. The number of hydrogen-bond acceptors (Lipinski definition) is 5. The van der Waals surface area contributed by atoms with Crippen LogP contribution in [0.1, 0.15) is 16.7 Å². The van der Waals surface area contributed by atoms with Crippen molar-refractivity contribution in [3.63, 3.8) is 0 Å². The Balaban J connectivity index is 0.00000408. The molecule has 0 unspecified atom stereocenters. The first-order chi connectivity index (χ1) is 15.7. The van der Waals surface area contributed by atoms with Crippen LogP contribution < -0.4 is 48.9 Å². The summed E-state index contributed by atoms with van der Waals surface area (Å²) in [5, 5.41) is 10.9. The van der Waals surface area contributed by atoms with Crippen LogP contribution in [0.5, 0.6) is 23.0 Å². The third kappa shape index (κ3) is 8.44. The standard InChI is InChI=1S/C25H21F3O5.Na/c1-31-22-12-18(14-24(29)30)13-23(16-22)33-21-6-2-5-20(15-21)32-11-3-4-17-7-9-19(10-8-17)25(26,27)28;/h2-10,12-13,15-16H,11,14H2,1H3,(H,29,30);/q;+1/p-1/b4-3+;. The molecule has 0 fully saturated rings. The molecule has 0 aromatic heterocycles. The van der Waals surface area contributed by atoms with E-state index in [1.165, 1.54) is 19.2 Å². The van der Waals surface area contributed by atoms with Gasteiger partial charge in [0.25, 0.3) is 0 Å². The second-order valence-corrected chi connectivity index (χ2v) is 6.98. The van der Waals surface area contributed by atoms with Crippen LogP contribution in [-0.4, -0.2) is 19.7 Å². The molecule has 0 radical (unpaired) electrons. The Morgan fingerprint density at radius 2 is 1.59 bits per heavy atom. The van der Waals surface area contributed by atoms with Crippen LogP contribution in [0.25, 0.3) is 6.08 Å². The van der Waals surface area contributed by atoms with E-state index in [4.69, 9.17) is 14.2 Å². The van der Waals surface area contributed by atoms with Gasteiger partial charge in [0, 0.05) is 24.5 Å². The summed E-state index contributed by atoms with van der Waals surface area (Å²) in [6, 6.07) is 16.4. The number of aliphatic carboxylic acids is 1. The number of halogens is 3. The van der Waals surface area contributed by atoms with Gasteiger partial charge in [0.15, 0.2) is 0 Å². The van der Waals surface area contributed by atoms with E-state index >= 15 is 0 Å². The van der Waals surface area contributed by atoms with Crippen molar-refractivity contribution in [2.75, 3.05) is 13.7 Å². The van der Waals surface area contributed by atoms with E-state index < -0.39 is 17.7 Å². The van der Waals surface area contributed by atoms with Gasteiger partial charge in [-0.25, -0.2) is 0 Å². The molecule has 0 N–H and O–H groups in total. The van der Waals surface area contributed by atoms with Crippen molar-refractivity contribution in [2.24, 2.45) is 0 Å². The maximum atomic E-state index is 12.6. The van der Waals surface area contributed by atoms with Crippen molar-refractivity contribution >= 4 is 12.0 Å². The van der Waals surface area contributed by atoms with Gasteiger partial charge in [-0.2, -0.15) is 13.2 Å². The van der Waals surface area contributed by atoms with Gasteiger partial charge >= 0.3 is 35.7 Å². The average Bonchev–Trinajstić information content (AvgIpc) is 2.76. The second kappa shape index (κ2) is 12.5. The Morgan fingerprint density at radius 1 is 0.941 bits per heavy atom. The van der Waals surface area contributed by atoms with E-state index in [1.807, 2.05) is 0 Å². The van der Waals surface area contributed by atoms with Crippen LogP contribution in [0, 0.1) is 0 Å². The third-order valence-electron chi connectivity index (χ3n) is 4.46. The summed E-state index contributed by atoms with van der Waals surface area (Å²) in [5.41, 5.74) is 0.398. The maximum absolute atomic E-state index is 12.6. The average molecular weight is 480 g/mol. The van der Waals surface area contributed by atoms with Gasteiger partial charge in [0.05, 0.1) is 12.7 Å². The normalized spacial score (nSPS) is 11.1. The maximum Gasteiger partial charge on any atom is 1.00 e. The molecule has 0 amide bonds. The summed E-state index contributed by atoms with van der Waals surface area (Å²) < 4.78 is 54.5. The molecular formula is C25H20F3NaO5. The molecule has 0 heterocycles. The quantitative estimate of drug-likeness (QED) is 0.438. The van der Waals surface area contributed by atoms with Crippen molar-refractivity contribution in [2.45, 2.75) is 12.6 Å². The third-order valence-corrected chi connectivity index (χ3v) is 4.46. The number of rotatable bonds is 9. The molecule has 0 aliphatic rings. The van der Waals surface area contributed by atoms with E-state index in [-0.39, 0.29) is 42.6 Å². The molecule has 0 bridgehead atoms. The Bertz CT molecular complexity index is 1130. The molecule has 0 aliphatic heterocycles. The predicted molar refractivity (Wildman–Crippen MR) is 114 cm³/mol. The number of carbonyl (C=O) groups excluding carboxylic acids is 1. The first-order valence-corrected chi connectivity index (χ1v) is 9.85. The molecule has 34 heavy (non-hydrogen) atoms. The smallest absolute Gasteiger partial charge is 0.550 e. The molecule has 0 saturated carbocycles. The van der Waals surface area contributed by atoms with Crippen molar-refractivity contribution in [3.8, 4) is 23.0 Å². The summed E-state index contributed by atoms with van der Waals surface area (Å²) in [6.45, 7) is 0.194. The molecule has 0 saturated heterocycles. The van der Waals surface area contributed by atoms with Gasteiger partial charge in [-0.05, 0) is 53.6 Å². The molecule has 9 heteroatoms. The minimum absolute atomic E-state index is 0. The fraction of sp³-hybridized carbons (Fsp3) is 0.160. The summed E-state index contributed by atoms with van der Waals surface area (Å²) in [6.07, 6.45) is -1.29. The molecule has 3 rings (SSSR count). The Labute approximate surface area is 217 Å². The molecule has 0 spiro atoms. The number of hydrogen-bond donors (Lipinski definition) is 0. The monoisotopic (exact) mass is 480 g/mol.